The minimum Gasteiger partial charge on any atom is -0.468 e. The van der Waals surface area contributed by atoms with Crippen molar-refractivity contribution in [2.75, 3.05) is 34.3 Å². The molecule has 1 N–H and O–H groups in total. The Morgan fingerprint density at radius 3 is 2.26 bits per heavy atom. The highest BCUT2D eigenvalue weighted by Crippen LogP contribution is 2.25. The number of nitrogens with one attached hydrogen (secondary N) is 1. The van der Waals surface area contributed by atoms with Crippen LogP contribution in [-0.2, 0) is 9.53 Å². The summed E-state index contributed by atoms with van der Waals surface area (Å²) in [5.41, 5.74) is -1.07. The first-order chi connectivity index (χ1) is 8.60. The van der Waals surface area contributed by atoms with Gasteiger partial charge in [-0.15, -0.1) is 0 Å². The summed E-state index contributed by atoms with van der Waals surface area (Å²) in [4.78, 5) is 13.6. The maximum absolute atomic E-state index is 12.1. The lowest BCUT2D eigenvalue weighted by Gasteiger charge is -2.29. The lowest BCUT2D eigenvalue weighted by Crippen LogP contribution is -2.52. The summed E-state index contributed by atoms with van der Waals surface area (Å²) in [6, 6.07) is 0. The molecular weight excluding hydrogens is 261 g/mol. The number of methoxy groups -OCH3 is 1. The van der Waals surface area contributed by atoms with E-state index in [2.05, 4.69) is 10.1 Å². The van der Waals surface area contributed by atoms with Gasteiger partial charge in [-0.2, -0.15) is 13.2 Å². The lowest BCUT2D eigenvalue weighted by atomic mass is 9.94. The van der Waals surface area contributed by atoms with Gasteiger partial charge in [-0.25, -0.2) is 0 Å². The van der Waals surface area contributed by atoms with Gasteiger partial charge in [0.2, 0.25) is 0 Å². The van der Waals surface area contributed by atoms with E-state index < -0.39 is 24.1 Å². The number of ether oxygens (including phenoxy) is 1. The second-order valence-electron chi connectivity index (χ2n) is 5.02. The molecule has 4 nitrogen and oxygen atoms in total. The minimum atomic E-state index is -4.19. The van der Waals surface area contributed by atoms with Crippen LogP contribution in [0.15, 0.2) is 0 Å². The van der Waals surface area contributed by atoms with E-state index in [0.29, 0.717) is 13.1 Å². The molecule has 19 heavy (non-hydrogen) atoms. The molecule has 0 heterocycles. The zero-order valence-electron chi connectivity index (χ0n) is 11.9. The molecule has 0 spiro atoms. The number of nitrogens with zero attached hydrogens (tertiary/aromatic N) is 1. The standard InChI is InChI=1S/C12H23F3N2O2/c1-11(10(18)19-4,16-8-9-17(2)3)6-5-7-12(13,14)15/h16H,5-9H2,1-4H3. The van der Waals surface area contributed by atoms with Crippen molar-refractivity contribution in [3.63, 3.8) is 0 Å². The molecule has 0 aliphatic rings. The Morgan fingerprint density at radius 2 is 1.84 bits per heavy atom. The van der Waals surface area contributed by atoms with Crippen molar-refractivity contribution in [2.45, 2.75) is 37.9 Å². The third-order valence-corrected chi connectivity index (χ3v) is 2.85. The van der Waals surface area contributed by atoms with Crippen LogP contribution in [0.5, 0.6) is 0 Å². The number of esters is 1. The summed E-state index contributed by atoms with van der Waals surface area (Å²) in [6.45, 7) is 2.77. The van der Waals surface area contributed by atoms with Crippen LogP contribution in [0.25, 0.3) is 0 Å². The van der Waals surface area contributed by atoms with Gasteiger partial charge in [0, 0.05) is 19.5 Å². The number of rotatable bonds is 8. The molecular formula is C12H23F3N2O2. The Kier molecular flexibility index (Phi) is 7.36. The second kappa shape index (κ2) is 7.69. The predicted octanol–water partition coefficient (Wildman–Crippen LogP) is 1.80. The van der Waals surface area contributed by atoms with Gasteiger partial charge in [0.25, 0.3) is 0 Å². The van der Waals surface area contributed by atoms with E-state index >= 15 is 0 Å². The van der Waals surface area contributed by atoms with Crippen LogP contribution < -0.4 is 5.32 Å². The van der Waals surface area contributed by atoms with Crippen molar-refractivity contribution < 1.29 is 22.7 Å². The lowest BCUT2D eigenvalue weighted by molar-refractivity contribution is -0.150. The SMILES string of the molecule is COC(=O)C(C)(CCCC(F)(F)F)NCCN(C)C. The maximum atomic E-state index is 12.1. The molecule has 0 bridgehead atoms. The van der Waals surface area contributed by atoms with Gasteiger partial charge >= 0.3 is 12.1 Å². The van der Waals surface area contributed by atoms with Crippen molar-refractivity contribution in [3.8, 4) is 0 Å². The van der Waals surface area contributed by atoms with Crippen molar-refractivity contribution >= 4 is 5.97 Å². The van der Waals surface area contributed by atoms with E-state index in [1.807, 2.05) is 19.0 Å². The molecule has 0 fully saturated rings. The van der Waals surface area contributed by atoms with Gasteiger partial charge < -0.3 is 15.0 Å². The van der Waals surface area contributed by atoms with Gasteiger partial charge in [0.15, 0.2) is 0 Å². The molecule has 0 amide bonds. The minimum absolute atomic E-state index is 0.0899. The van der Waals surface area contributed by atoms with Crippen LogP contribution in [0.4, 0.5) is 13.2 Å². The smallest absolute Gasteiger partial charge is 0.389 e. The van der Waals surface area contributed by atoms with E-state index in [4.69, 9.17) is 0 Å². The molecule has 1 atom stereocenters. The zero-order valence-corrected chi connectivity index (χ0v) is 11.9. The van der Waals surface area contributed by atoms with Gasteiger partial charge in [0.05, 0.1) is 7.11 Å². The van der Waals surface area contributed by atoms with Crippen LogP contribution in [0, 0.1) is 0 Å². The monoisotopic (exact) mass is 284 g/mol. The van der Waals surface area contributed by atoms with Crippen molar-refractivity contribution in [2.24, 2.45) is 0 Å². The third-order valence-electron chi connectivity index (χ3n) is 2.85. The Balaban J connectivity index is 4.39. The van der Waals surface area contributed by atoms with Gasteiger partial charge in [-0.05, 0) is 33.9 Å². The Hall–Kier alpha value is -0.820. The summed E-state index contributed by atoms with van der Waals surface area (Å²) in [7, 11) is 4.99. The van der Waals surface area contributed by atoms with Crippen LogP contribution in [0.2, 0.25) is 0 Å². The van der Waals surface area contributed by atoms with Crippen LogP contribution >= 0.6 is 0 Å². The zero-order chi connectivity index (χ0) is 15.1. The highest BCUT2D eigenvalue weighted by molar-refractivity contribution is 5.80. The third kappa shape index (κ3) is 8.05. The van der Waals surface area contributed by atoms with E-state index in [1.54, 1.807) is 6.92 Å². The van der Waals surface area contributed by atoms with E-state index in [-0.39, 0.29) is 12.8 Å². The first kappa shape index (κ1) is 18.2. The quantitative estimate of drug-likeness (QED) is 0.690. The number of halogens is 3. The normalized spacial score (nSPS) is 15.4. The number of carbonyl (C=O) groups is 1. The number of hydrogen-bond acceptors (Lipinski definition) is 4. The molecule has 1 unspecified atom stereocenters. The highest BCUT2D eigenvalue weighted by Gasteiger charge is 2.35. The summed E-state index contributed by atoms with van der Waals surface area (Å²) < 4.78 is 41.0. The first-order valence-electron chi connectivity index (χ1n) is 6.15. The number of alkyl halides is 3. The van der Waals surface area contributed by atoms with Crippen LogP contribution in [0.1, 0.15) is 26.2 Å². The van der Waals surface area contributed by atoms with E-state index in [9.17, 15) is 18.0 Å². The molecule has 0 rings (SSSR count). The maximum Gasteiger partial charge on any atom is 0.389 e. The van der Waals surface area contributed by atoms with Crippen molar-refractivity contribution in [1.29, 1.82) is 0 Å². The van der Waals surface area contributed by atoms with Crippen LogP contribution in [-0.4, -0.2) is 56.9 Å². The number of likely N-dealkylation sites (N-methyl/N-ethyl adjacent to an activating group) is 1. The molecule has 0 aromatic rings. The Bertz CT molecular complexity index is 283. The van der Waals surface area contributed by atoms with Crippen LogP contribution in [0.3, 0.4) is 0 Å². The van der Waals surface area contributed by atoms with Gasteiger partial charge in [0.1, 0.15) is 5.54 Å². The molecule has 0 saturated carbocycles. The summed E-state index contributed by atoms with van der Waals surface area (Å²) in [5, 5.41) is 2.98. The average Bonchev–Trinajstić information content (AvgIpc) is 2.25. The largest absolute Gasteiger partial charge is 0.468 e. The molecule has 0 aliphatic carbocycles. The fourth-order valence-corrected chi connectivity index (χ4v) is 1.69. The first-order valence-corrected chi connectivity index (χ1v) is 6.15. The topological polar surface area (TPSA) is 41.6 Å². The Labute approximate surface area is 112 Å². The number of carbonyl (C=O) groups excluding carboxylic acids is 1. The fourth-order valence-electron chi connectivity index (χ4n) is 1.69. The molecule has 0 aromatic carbocycles. The molecule has 0 radical (unpaired) electrons. The fraction of sp³-hybridized carbons (Fsp3) is 0.917. The molecule has 0 aromatic heterocycles. The number of hydrogen-bond donors (Lipinski definition) is 1. The Morgan fingerprint density at radius 1 is 1.26 bits per heavy atom. The van der Waals surface area contributed by atoms with Gasteiger partial charge in [-0.1, -0.05) is 0 Å². The highest BCUT2D eigenvalue weighted by atomic mass is 19.4. The predicted molar refractivity (Wildman–Crippen MR) is 66.9 cm³/mol. The second-order valence-corrected chi connectivity index (χ2v) is 5.02. The molecule has 0 saturated heterocycles. The van der Waals surface area contributed by atoms with E-state index in [1.165, 1.54) is 7.11 Å². The summed E-state index contributed by atoms with van der Waals surface area (Å²) >= 11 is 0. The molecule has 114 valence electrons. The van der Waals surface area contributed by atoms with Crippen molar-refractivity contribution in [3.05, 3.63) is 0 Å². The summed E-state index contributed by atoms with van der Waals surface area (Å²) in [5.74, 6) is -0.534. The van der Waals surface area contributed by atoms with Gasteiger partial charge in [-0.3, -0.25) is 4.79 Å². The molecule has 7 heteroatoms. The summed E-state index contributed by atoms with van der Waals surface area (Å²) in [6.07, 6.45) is -5.10. The van der Waals surface area contributed by atoms with E-state index in [0.717, 1.165) is 0 Å². The average molecular weight is 284 g/mol. The van der Waals surface area contributed by atoms with Crippen molar-refractivity contribution in [1.82, 2.24) is 10.2 Å². The molecule has 0 aliphatic heterocycles.